The normalized spacial score (nSPS) is 10.3. The summed E-state index contributed by atoms with van der Waals surface area (Å²) >= 11 is 6.22. The van der Waals surface area contributed by atoms with E-state index in [-0.39, 0.29) is 18.0 Å². The first-order chi connectivity index (χ1) is 23.1. The molecule has 14 heteroatoms. The van der Waals surface area contributed by atoms with Crippen LogP contribution in [0.15, 0.2) is 101 Å². The molecule has 0 aliphatic heterocycles. The number of rotatable bonds is 12. The van der Waals surface area contributed by atoms with Crippen LogP contribution in [0.3, 0.4) is 0 Å². The Bertz CT molecular complexity index is 1640. The first-order valence-corrected chi connectivity index (χ1v) is 15.1. The monoisotopic (exact) mass is 736 g/mol. The van der Waals surface area contributed by atoms with E-state index in [2.05, 4.69) is 50.2 Å². The number of nitrogens with zero attached hydrogens (tertiary/aromatic N) is 1. The molecular weight excluding hydrogens is 705 g/mol. The van der Waals surface area contributed by atoms with Crippen LogP contribution in [-0.4, -0.2) is 64.4 Å². The summed E-state index contributed by atoms with van der Waals surface area (Å²) in [7, 11) is 10.0. The molecule has 1 radical (unpaired) electrons. The van der Waals surface area contributed by atoms with Gasteiger partial charge in [-0.05, 0) is 97.1 Å². The molecule has 0 bridgehead atoms. The van der Waals surface area contributed by atoms with Crippen LogP contribution in [0.5, 0.6) is 34.5 Å². The van der Waals surface area contributed by atoms with Crippen LogP contribution in [0.1, 0.15) is 27.1 Å². The molecular formula is C34H32BBrNO10S. The van der Waals surface area contributed by atoms with Crippen molar-refractivity contribution in [3.8, 4) is 34.5 Å². The van der Waals surface area contributed by atoms with E-state index in [0.717, 1.165) is 11.5 Å². The number of carbonyl (C=O) groups is 4. The summed E-state index contributed by atoms with van der Waals surface area (Å²) in [5, 5.41) is 0. The number of ketones is 2. The summed E-state index contributed by atoms with van der Waals surface area (Å²) in [6.07, 6.45) is -0.269. The second-order valence-corrected chi connectivity index (χ2v) is 10.3. The average Bonchev–Trinajstić information content (AvgIpc) is 3.12. The molecule has 0 spiro atoms. The molecule has 4 aromatic rings. The van der Waals surface area contributed by atoms with Crippen LogP contribution in [0.2, 0.25) is 0 Å². The third kappa shape index (κ3) is 13.0. The van der Waals surface area contributed by atoms with Gasteiger partial charge in [-0.3, -0.25) is 19.2 Å². The zero-order valence-corrected chi connectivity index (χ0v) is 28.9. The Morgan fingerprint density at radius 1 is 0.625 bits per heavy atom. The number of esters is 2. The number of thiol groups is 1. The van der Waals surface area contributed by atoms with Gasteiger partial charge in [0, 0.05) is 11.1 Å². The Hall–Kier alpha value is -4.95. The summed E-state index contributed by atoms with van der Waals surface area (Å²) in [6, 6.07) is 27.4. The molecule has 0 saturated heterocycles. The zero-order chi connectivity index (χ0) is 35.5. The molecule has 0 aliphatic rings. The van der Waals surface area contributed by atoms with Crippen LogP contribution >= 0.6 is 28.7 Å². The van der Waals surface area contributed by atoms with Crippen LogP contribution in [0.25, 0.3) is 0 Å². The predicted octanol–water partition coefficient (Wildman–Crippen LogP) is 7.02. The third-order valence-electron chi connectivity index (χ3n) is 6.08. The Balaban J connectivity index is 0.000000309. The third-order valence-corrected chi connectivity index (χ3v) is 6.87. The summed E-state index contributed by atoms with van der Waals surface area (Å²) in [4.78, 5) is 45.3. The van der Waals surface area contributed by atoms with E-state index < -0.39 is 16.8 Å². The molecule has 11 nitrogen and oxygen atoms in total. The minimum atomic E-state index is -1.01. The van der Waals surface area contributed by atoms with E-state index in [0.29, 0.717) is 34.1 Å². The number of halogens is 1. The van der Waals surface area contributed by atoms with Crippen molar-refractivity contribution in [2.45, 2.75) is 11.2 Å². The molecule has 0 fully saturated rings. The van der Waals surface area contributed by atoms with Crippen molar-refractivity contribution in [1.82, 2.24) is 0 Å². The number of benzene rings is 4. The van der Waals surface area contributed by atoms with E-state index >= 15 is 0 Å². The van der Waals surface area contributed by atoms with Crippen LogP contribution in [-0.2, 0) is 19.1 Å². The molecule has 0 heterocycles. The fraction of sp³-hybridized carbons (Fsp3) is 0.176. The van der Waals surface area contributed by atoms with Crippen molar-refractivity contribution in [3.63, 3.8) is 0 Å². The number of alkyl halides is 1. The first-order valence-electron chi connectivity index (χ1n) is 13.8. The van der Waals surface area contributed by atoms with Gasteiger partial charge in [0.2, 0.25) is 0 Å². The molecule has 1 atom stereocenters. The average molecular weight is 737 g/mol. The van der Waals surface area contributed by atoms with Gasteiger partial charge >= 0.3 is 36.7 Å². The van der Waals surface area contributed by atoms with Gasteiger partial charge in [0.1, 0.15) is 40.9 Å². The Kier molecular flexibility index (Phi) is 17.2. The van der Waals surface area contributed by atoms with E-state index in [1.165, 1.54) is 14.2 Å². The van der Waals surface area contributed by atoms with E-state index in [9.17, 15) is 19.2 Å². The number of hydrogen-bond donors (Lipinski definition) is 1. The predicted molar refractivity (Wildman–Crippen MR) is 186 cm³/mol. The molecule has 0 N–H and O–H groups in total. The topological polar surface area (TPSA) is 136 Å². The first kappa shape index (κ1) is 39.2. The molecule has 4 aromatic carbocycles. The van der Waals surface area contributed by atoms with Crippen molar-refractivity contribution in [2.24, 2.45) is 4.30 Å². The molecule has 4 rings (SSSR count). The second-order valence-electron chi connectivity index (χ2n) is 9.15. The van der Waals surface area contributed by atoms with Crippen LogP contribution in [0, 0.1) is 0 Å². The van der Waals surface area contributed by atoms with Crippen molar-refractivity contribution in [3.05, 3.63) is 108 Å². The fourth-order valence-corrected chi connectivity index (χ4v) is 4.07. The van der Waals surface area contributed by atoms with Crippen molar-refractivity contribution in [1.29, 1.82) is 0 Å². The Labute approximate surface area is 293 Å². The number of Topliss-reactive ketones (excluding diaryl/α,β-unsaturated/α-hetero) is 2. The van der Waals surface area contributed by atoms with Crippen molar-refractivity contribution < 1.29 is 47.6 Å². The maximum absolute atomic E-state index is 12.1. The Morgan fingerprint density at radius 3 is 1.29 bits per heavy atom. The molecule has 249 valence electrons. The quantitative estimate of drug-likeness (QED) is 0.0404. The van der Waals surface area contributed by atoms with E-state index in [1.807, 2.05) is 0 Å². The summed E-state index contributed by atoms with van der Waals surface area (Å²) < 4.78 is 33.2. The summed E-state index contributed by atoms with van der Waals surface area (Å²) in [6.45, 7) is 0. The standard InChI is InChI=1S/C17H15BrO5.C17H16O5.BHNS/c1-21-12-7-9-14(10-8-12)23-13-5-3-11(4-6-13)16(19)15(18)17(20)22-2;1-20-13-7-9-15(10-8-13)22-14-5-3-12(4-6-14)16(18)11-17(19)21-2;1-2-3/h3-10,15H,1-2H3;3-10H,11H2,1-2H3;3H. The summed E-state index contributed by atoms with van der Waals surface area (Å²) in [5.74, 6) is 2.14. The SMILES string of the molecule is COC(=O)C(Br)C(=O)c1ccc(Oc2ccc(OC)cc2)cc1.COC(=O)CC(=O)c1ccc(Oc2ccc(OC)cc2)cc1.[B]=NS. The maximum atomic E-state index is 12.1. The van der Waals surface area contributed by atoms with Gasteiger partial charge < -0.3 is 28.4 Å². The molecule has 0 amide bonds. The van der Waals surface area contributed by atoms with Gasteiger partial charge in [-0.15, -0.1) is 0 Å². The summed E-state index contributed by atoms with van der Waals surface area (Å²) in [5.41, 5.74) is 0.826. The molecule has 0 saturated carbocycles. The minimum absolute atomic E-state index is 0.269. The van der Waals surface area contributed by atoms with Gasteiger partial charge in [0.05, 0.1) is 28.4 Å². The van der Waals surface area contributed by atoms with E-state index in [1.54, 1.807) is 111 Å². The van der Waals surface area contributed by atoms with E-state index in [4.69, 9.17) is 18.9 Å². The molecule has 0 aromatic heterocycles. The van der Waals surface area contributed by atoms with Gasteiger partial charge in [-0.25, -0.2) is 0 Å². The number of ether oxygens (including phenoxy) is 6. The molecule has 48 heavy (non-hydrogen) atoms. The van der Waals surface area contributed by atoms with Crippen LogP contribution in [0.4, 0.5) is 0 Å². The van der Waals surface area contributed by atoms with Gasteiger partial charge in [0.25, 0.3) is 0 Å². The zero-order valence-electron chi connectivity index (χ0n) is 26.5. The van der Waals surface area contributed by atoms with Gasteiger partial charge in [0.15, 0.2) is 16.4 Å². The second kappa shape index (κ2) is 21.0. The molecule has 0 aliphatic carbocycles. The van der Waals surface area contributed by atoms with Crippen molar-refractivity contribution >= 4 is 59.9 Å². The van der Waals surface area contributed by atoms with Crippen LogP contribution < -0.4 is 18.9 Å². The van der Waals surface area contributed by atoms with Gasteiger partial charge in [-0.1, -0.05) is 15.9 Å². The van der Waals surface area contributed by atoms with Crippen molar-refractivity contribution in [2.75, 3.05) is 28.4 Å². The number of methoxy groups -OCH3 is 4. The number of hydrogen-bond acceptors (Lipinski definition) is 12. The molecule has 1 unspecified atom stereocenters. The fourth-order valence-electron chi connectivity index (χ4n) is 3.62. The number of carbonyl (C=O) groups excluding carboxylic acids is 4. The Morgan fingerprint density at radius 2 is 0.958 bits per heavy atom. The van der Waals surface area contributed by atoms with Gasteiger partial charge in [-0.2, -0.15) is 0 Å².